The normalized spacial score (nSPS) is 10.0. The van der Waals surface area contributed by atoms with Gasteiger partial charge >= 0.3 is 11.9 Å². The number of aryl methyl sites for hydroxylation is 1. The minimum Gasteiger partial charge on any atom is -0.481 e. The van der Waals surface area contributed by atoms with Gasteiger partial charge in [0.15, 0.2) is 0 Å². The summed E-state index contributed by atoms with van der Waals surface area (Å²) < 4.78 is 0. The molecule has 0 heterocycles. The number of carboxylic acid groups (broad SMARTS) is 2. The number of rotatable bonds is 6. The van der Waals surface area contributed by atoms with E-state index in [4.69, 9.17) is 10.2 Å². The topological polar surface area (TPSA) is 74.6 Å². The van der Waals surface area contributed by atoms with E-state index in [9.17, 15) is 9.59 Å². The SMILES string of the molecule is O=C(O)CCCc1cccc(CC(=O)O)c1. The van der Waals surface area contributed by atoms with Crippen molar-refractivity contribution in [3.8, 4) is 0 Å². The second-order valence-electron chi connectivity index (χ2n) is 3.64. The van der Waals surface area contributed by atoms with Crippen molar-refractivity contribution in [1.82, 2.24) is 0 Å². The number of carbonyl (C=O) groups is 2. The molecule has 0 aromatic heterocycles. The van der Waals surface area contributed by atoms with E-state index in [-0.39, 0.29) is 12.8 Å². The van der Waals surface area contributed by atoms with Crippen LogP contribution >= 0.6 is 0 Å². The zero-order valence-corrected chi connectivity index (χ0v) is 8.85. The zero-order valence-electron chi connectivity index (χ0n) is 8.85. The Hall–Kier alpha value is -1.84. The molecule has 0 fully saturated rings. The highest BCUT2D eigenvalue weighted by Gasteiger charge is 2.02. The number of benzene rings is 1. The lowest BCUT2D eigenvalue weighted by molar-refractivity contribution is -0.137. The zero-order chi connectivity index (χ0) is 12.0. The van der Waals surface area contributed by atoms with Gasteiger partial charge in [-0.15, -0.1) is 0 Å². The number of carboxylic acids is 2. The first-order valence-electron chi connectivity index (χ1n) is 5.09. The Morgan fingerprint density at radius 2 is 1.75 bits per heavy atom. The van der Waals surface area contributed by atoms with E-state index < -0.39 is 11.9 Å². The molecule has 0 spiro atoms. The molecule has 4 heteroatoms. The van der Waals surface area contributed by atoms with Gasteiger partial charge in [-0.2, -0.15) is 0 Å². The van der Waals surface area contributed by atoms with Crippen LogP contribution in [0.25, 0.3) is 0 Å². The molecule has 0 saturated carbocycles. The molecule has 0 radical (unpaired) electrons. The standard InChI is InChI=1S/C12H14O4/c13-11(14)6-2-4-9-3-1-5-10(7-9)8-12(15)16/h1,3,5,7H,2,4,6,8H2,(H,13,14)(H,15,16). The molecule has 0 bridgehead atoms. The van der Waals surface area contributed by atoms with E-state index in [1.165, 1.54) is 0 Å². The molecule has 0 aliphatic rings. The molecule has 4 nitrogen and oxygen atoms in total. The fraction of sp³-hybridized carbons (Fsp3) is 0.333. The van der Waals surface area contributed by atoms with Crippen LogP contribution in [0.2, 0.25) is 0 Å². The molecular formula is C12H14O4. The lowest BCUT2D eigenvalue weighted by Gasteiger charge is -2.02. The van der Waals surface area contributed by atoms with Crippen LogP contribution in [0.15, 0.2) is 24.3 Å². The smallest absolute Gasteiger partial charge is 0.307 e. The van der Waals surface area contributed by atoms with Crippen molar-refractivity contribution in [2.24, 2.45) is 0 Å². The average Bonchev–Trinajstić information content (AvgIpc) is 2.16. The predicted molar refractivity (Wildman–Crippen MR) is 58.4 cm³/mol. The van der Waals surface area contributed by atoms with Gasteiger partial charge in [-0.05, 0) is 24.0 Å². The van der Waals surface area contributed by atoms with Crippen LogP contribution < -0.4 is 0 Å². The Balaban J connectivity index is 2.53. The molecule has 16 heavy (non-hydrogen) atoms. The second kappa shape index (κ2) is 5.90. The first-order valence-corrected chi connectivity index (χ1v) is 5.09. The van der Waals surface area contributed by atoms with Gasteiger partial charge in [0.1, 0.15) is 0 Å². The first kappa shape index (κ1) is 12.2. The van der Waals surface area contributed by atoms with Crippen molar-refractivity contribution >= 4 is 11.9 Å². The Morgan fingerprint density at radius 3 is 2.38 bits per heavy atom. The Kier molecular flexibility index (Phi) is 4.51. The number of hydrogen-bond donors (Lipinski definition) is 2. The molecule has 0 amide bonds. The maximum absolute atomic E-state index is 10.5. The van der Waals surface area contributed by atoms with E-state index in [1.807, 2.05) is 12.1 Å². The van der Waals surface area contributed by atoms with Crippen LogP contribution in [0.4, 0.5) is 0 Å². The van der Waals surface area contributed by atoms with Gasteiger partial charge in [-0.1, -0.05) is 24.3 Å². The third-order valence-electron chi connectivity index (χ3n) is 2.20. The van der Waals surface area contributed by atoms with Gasteiger partial charge in [-0.25, -0.2) is 0 Å². The monoisotopic (exact) mass is 222 g/mol. The highest BCUT2D eigenvalue weighted by molar-refractivity contribution is 5.70. The molecule has 0 aliphatic heterocycles. The van der Waals surface area contributed by atoms with Crippen molar-refractivity contribution in [1.29, 1.82) is 0 Å². The Bertz CT molecular complexity index is 384. The molecule has 2 N–H and O–H groups in total. The Morgan fingerprint density at radius 1 is 1.06 bits per heavy atom. The predicted octanol–water partition coefficient (Wildman–Crippen LogP) is 1.72. The molecule has 0 atom stereocenters. The van der Waals surface area contributed by atoms with Crippen LogP contribution in [0.5, 0.6) is 0 Å². The summed E-state index contributed by atoms with van der Waals surface area (Å²) in [5.41, 5.74) is 1.74. The lowest BCUT2D eigenvalue weighted by Crippen LogP contribution is -2.01. The summed E-state index contributed by atoms with van der Waals surface area (Å²) in [4.78, 5) is 20.8. The maximum Gasteiger partial charge on any atom is 0.307 e. The van der Waals surface area contributed by atoms with Gasteiger partial charge in [0.2, 0.25) is 0 Å². The summed E-state index contributed by atoms with van der Waals surface area (Å²) in [6.07, 6.45) is 1.39. The van der Waals surface area contributed by atoms with Crippen LogP contribution in [0, 0.1) is 0 Å². The van der Waals surface area contributed by atoms with E-state index >= 15 is 0 Å². The largest absolute Gasteiger partial charge is 0.481 e. The first-order chi connectivity index (χ1) is 7.58. The molecule has 1 aromatic carbocycles. The summed E-state index contributed by atoms with van der Waals surface area (Å²) in [6.45, 7) is 0. The van der Waals surface area contributed by atoms with Crippen LogP contribution in [0.1, 0.15) is 24.0 Å². The molecule has 86 valence electrons. The molecule has 0 saturated heterocycles. The van der Waals surface area contributed by atoms with E-state index in [0.717, 1.165) is 11.1 Å². The Labute approximate surface area is 93.5 Å². The highest BCUT2D eigenvalue weighted by Crippen LogP contribution is 2.09. The minimum absolute atomic E-state index is 0.00672. The minimum atomic E-state index is -0.859. The van der Waals surface area contributed by atoms with E-state index in [0.29, 0.717) is 12.8 Å². The summed E-state index contributed by atoms with van der Waals surface area (Å²) in [6, 6.07) is 7.26. The van der Waals surface area contributed by atoms with Gasteiger partial charge in [-0.3, -0.25) is 9.59 Å². The van der Waals surface area contributed by atoms with Crippen molar-refractivity contribution < 1.29 is 19.8 Å². The van der Waals surface area contributed by atoms with Crippen LogP contribution in [-0.4, -0.2) is 22.2 Å². The molecule has 0 unspecified atom stereocenters. The molecule has 1 aromatic rings. The summed E-state index contributed by atoms with van der Waals surface area (Å²) in [5, 5.41) is 17.1. The summed E-state index contributed by atoms with van der Waals surface area (Å²) in [7, 11) is 0. The average molecular weight is 222 g/mol. The quantitative estimate of drug-likeness (QED) is 0.768. The van der Waals surface area contributed by atoms with Gasteiger partial charge < -0.3 is 10.2 Å². The summed E-state index contributed by atoms with van der Waals surface area (Å²) >= 11 is 0. The third-order valence-corrected chi connectivity index (χ3v) is 2.20. The van der Waals surface area contributed by atoms with Crippen LogP contribution in [0.3, 0.4) is 0 Å². The molecule has 0 aliphatic carbocycles. The highest BCUT2D eigenvalue weighted by atomic mass is 16.4. The maximum atomic E-state index is 10.5. The fourth-order valence-electron chi connectivity index (χ4n) is 1.51. The van der Waals surface area contributed by atoms with Crippen molar-refractivity contribution in [2.45, 2.75) is 25.7 Å². The van der Waals surface area contributed by atoms with Crippen molar-refractivity contribution in [3.63, 3.8) is 0 Å². The third kappa shape index (κ3) is 4.59. The van der Waals surface area contributed by atoms with Crippen LogP contribution in [-0.2, 0) is 22.4 Å². The van der Waals surface area contributed by atoms with Gasteiger partial charge in [0.05, 0.1) is 6.42 Å². The lowest BCUT2D eigenvalue weighted by atomic mass is 10.0. The van der Waals surface area contributed by atoms with E-state index in [2.05, 4.69) is 0 Å². The molecule has 1 rings (SSSR count). The summed E-state index contributed by atoms with van der Waals surface area (Å²) in [5.74, 6) is -1.66. The second-order valence-corrected chi connectivity index (χ2v) is 3.64. The van der Waals surface area contributed by atoms with Crippen molar-refractivity contribution in [3.05, 3.63) is 35.4 Å². The van der Waals surface area contributed by atoms with Gasteiger partial charge in [0.25, 0.3) is 0 Å². The number of aliphatic carboxylic acids is 2. The van der Waals surface area contributed by atoms with E-state index in [1.54, 1.807) is 12.1 Å². The number of hydrogen-bond acceptors (Lipinski definition) is 2. The molecular weight excluding hydrogens is 208 g/mol. The van der Waals surface area contributed by atoms with Crippen molar-refractivity contribution in [2.75, 3.05) is 0 Å². The fourth-order valence-corrected chi connectivity index (χ4v) is 1.51. The van der Waals surface area contributed by atoms with Gasteiger partial charge in [0, 0.05) is 6.42 Å².